The first-order chi connectivity index (χ1) is 5.62. The summed E-state index contributed by atoms with van der Waals surface area (Å²) in [6.45, 7) is 4.54. The van der Waals surface area contributed by atoms with Crippen LogP contribution in [0.5, 0.6) is 0 Å². The fourth-order valence-electron chi connectivity index (χ4n) is 1.10. The van der Waals surface area contributed by atoms with E-state index in [1.165, 1.54) is 25.3 Å². The lowest BCUT2D eigenvalue weighted by Crippen LogP contribution is -2.27. The Labute approximate surface area is 82.6 Å². The second kappa shape index (κ2) is 6.93. The van der Waals surface area contributed by atoms with Crippen molar-refractivity contribution in [2.75, 3.05) is 13.0 Å². The molecule has 0 bridgehead atoms. The summed E-state index contributed by atoms with van der Waals surface area (Å²) in [5.41, 5.74) is 0. The molecule has 0 N–H and O–H groups in total. The molecule has 0 aliphatic carbocycles. The minimum atomic E-state index is -1.27. The maximum atomic E-state index is 5.58. The summed E-state index contributed by atoms with van der Waals surface area (Å²) < 4.78 is 5.46. The summed E-state index contributed by atoms with van der Waals surface area (Å²) in [5.74, 6) is 0.811. The van der Waals surface area contributed by atoms with Crippen molar-refractivity contribution in [3.8, 4) is 0 Å². The van der Waals surface area contributed by atoms with Crippen LogP contribution in [0.3, 0.4) is 0 Å². The molecule has 0 aliphatic rings. The Bertz CT molecular complexity index is 107. The van der Waals surface area contributed by atoms with Gasteiger partial charge < -0.3 is 4.43 Å². The molecule has 0 spiro atoms. The fraction of sp³-hybridized carbons (Fsp3) is 1.00. The van der Waals surface area contributed by atoms with Gasteiger partial charge in [-0.05, 0) is 25.6 Å². The average Bonchev–Trinajstić information content (AvgIpc) is 2.04. The molecule has 0 fully saturated rings. The van der Waals surface area contributed by atoms with Gasteiger partial charge in [0, 0.05) is 13.0 Å². The Balaban J connectivity index is 3.19. The van der Waals surface area contributed by atoms with Gasteiger partial charge in [-0.25, -0.2) is 0 Å². The lowest BCUT2D eigenvalue weighted by atomic mass is 10.2. The number of unbranched alkanes of at least 4 members (excludes halogenated alkanes) is 3. The molecule has 0 saturated carbocycles. The highest BCUT2D eigenvalue weighted by Gasteiger charge is 2.18. The van der Waals surface area contributed by atoms with Crippen LogP contribution in [0.1, 0.15) is 25.7 Å². The standard InChI is InChI=1S/C9H21ClOSi/c1-11-12(2,3)9-7-5-4-6-8-10/h4-9H2,1-3H3. The monoisotopic (exact) mass is 208 g/mol. The molecule has 0 heterocycles. The second-order valence-corrected chi connectivity index (χ2v) is 8.62. The normalized spacial score (nSPS) is 12.0. The summed E-state index contributed by atoms with van der Waals surface area (Å²) in [6, 6.07) is 1.28. The summed E-state index contributed by atoms with van der Waals surface area (Å²) in [7, 11) is 0.568. The van der Waals surface area contributed by atoms with Gasteiger partial charge in [0.05, 0.1) is 0 Å². The predicted octanol–water partition coefficient (Wildman–Crippen LogP) is 3.64. The highest BCUT2D eigenvalue weighted by Crippen LogP contribution is 2.15. The minimum absolute atomic E-state index is 0.811. The number of alkyl halides is 1. The van der Waals surface area contributed by atoms with Crippen molar-refractivity contribution in [2.24, 2.45) is 0 Å². The average molecular weight is 209 g/mol. The first-order valence-corrected chi connectivity index (χ1v) is 8.38. The molecule has 0 radical (unpaired) electrons. The Morgan fingerprint density at radius 1 is 1.08 bits per heavy atom. The molecule has 0 amide bonds. The lowest BCUT2D eigenvalue weighted by Gasteiger charge is -2.19. The maximum Gasteiger partial charge on any atom is 0.186 e. The molecule has 74 valence electrons. The van der Waals surface area contributed by atoms with Crippen LogP contribution >= 0.6 is 11.6 Å². The molecule has 12 heavy (non-hydrogen) atoms. The molecule has 0 saturated heterocycles. The Morgan fingerprint density at radius 2 is 1.67 bits per heavy atom. The van der Waals surface area contributed by atoms with Crippen LogP contribution in [-0.2, 0) is 4.43 Å². The van der Waals surface area contributed by atoms with Gasteiger partial charge in [-0.15, -0.1) is 11.6 Å². The smallest absolute Gasteiger partial charge is 0.186 e. The molecule has 0 aromatic heterocycles. The van der Waals surface area contributed by atoms with Crippen molar-refractivity contribution in [3.05, 3.63) is 0 Å². The third-order valence-electron chi connectivity index (χ3n) is 2.22. The molecule has 3 heteroatoms. The van der Waals surface area contributed by atoms with E-state index in [1.807, 2.05) is 7.11 Å². The first-order valence-electron chi connectivity index (χ1n) is 4.73. The van der Waals surface area contributed by atoms with Crippen molar-refractivity contribution in [2.45, 2.75) is 44.8 Å². The van der Waals surface area contributed by atoms with E-state index in [2.05, 4.69) is 13.1 Å². The summed E-state index contributed by atoms with van der Waals surface area (Å²) in [6.07, 6.45) is 5.06. The van der Waals surface area contributed by atoms with E-state index in [0.29, 0.717) is 0 Å². The van der Waals surface area contributed by atoms with Gasteiger partial charge in [-0.1, -0.05) is 19.3 Å². The van der Waals surface area contributed by atoms with Crippen molar-refractivity contribution in [3.63, 3.8) is 0 Å². The van der Waals surface area contributed by atoms with Crippen LogP contribution in [-0.4, -0.2) is 21.3 Å². The second-order valence-electron chi connectivity index (χ2n) is 3.82. The van der Waals surface area contributed by atoms with Crippen LogP contribution in [0.4, 0.5) is 0 Å². The molecule has 0 aromatic carbocycles. The largest absolute Gasteiger partial charge is 0.420 e. The van der Waals surface area contributed by atoms with Crippen LogP contribution in [0, 0.1) is 0 Å². The molecular weight excluding hydrogens is 188 g/mol. The third-order valence-corrected chi connectivity index (χ3v) is 5.15. The molecule has 0 atom stereocenters. The molecular formula is C9H21ClOSi. The fourth-order valence-corrected chi connectivity index (χ4v) is 2.60. The molecule has 0 aromatic rings. The SMILES string of the molecule is CO[Si](C)(C)CCCCCCCl. The van der Waals surface area contributed by atoms with Crippen molar-refractivity contribution >= 4 is 19.9 Å². The molecule has 0 unspecified atom stereocenters. The highest BCUT2D eigenvalue weighted by molar-refractivity contribution is 6.71. The number of hydrogen-bond donors (Lipinski definition) is 0. The zero-order valence-electron chi connectivity index (χ0n) is 8.53. The molecule has 0 rings (SSSR count). The number of rotatable bonds is 7. The van der Waals surface area contributed by atoms with Gasteiger partial charge in [0.25, 0.3) is 0 Å². The minimum Gasteiger partial charge on any atom is -0.420 e. The number of hydrogen-bond acceptors (Lipinski definition) is 1. The Morgan fingerprint density at radius 3 is 2.17 bits per heavy atom. The Kier molecular flexibility index (Phi) is 7.20. The zero-order valence-corrected chi connectivity index (χ0v) is 10.3. The predicted molar refractivity (Wildman–Crippen MR) is 58.5 cm³/mol. The lowest BCUT2D eigenvalue weighted by molar-refractivity contribution is 0.401. The van der Waals surface area contributed by atoms with Crippen LogP contribution in [0.15, 0.2) is 0 Å². The van der Waals surface area contributed by atoms with E-state index >= 15 is 0 Å². The maximum absolute atomic E-state index is 5.58. The van der Waals surface area contributed by atoms with Crippen LogP contribution in [0.2, 0.25) is 19.1 Å². The van der Waals surface area contributed by atoms with Crippen LogP contribution < -0.4 is 0 Å². The summed E-state index contributed by atoms with van der Waals surface area (Å²) in [4.78, 5) is 0. The first kappa shape index (κ1) is 12.5. The Hall–Kier alpha value is 0.467. The summed E-state index contributed by atoms with van der Waals surface area (Å²) >= 11 is 5.58. The van der Waals surface area contributed by atoms with Crippen molar-refractivity contribution in [1.82, 2.24) is 0 Å². The van der Waals surface area contributed by atoms with Gasteiger partial charge in [0.15, 0.2) is 8.32 Å². The van der Waals surface area contributed by atoms with E-state index in [0.717, 1.165) is 12.3 Å². The van der Waals surface area contributed by atoms with Gasteiger partial charge in [-0.3, -0.25) is 0 Å². The van der Waals surface area contributed by atoms with Crippen LogP contribution in [0.25, 0.3) is 0 Å². The number of halogens is 1. The highest BCUT2D eigenvalue weighted by atomic mass is 35.5. The van der Waals surface area contributed by atoms with E-state index in [9.17, 15) is 0 Å². The van der Waals surface area contributed by atoms with Crippen molar-refractivity contribution in [1.29, 1.82) is 0 Å². The van der Waals surface area contributed by atoms with Gasteiger partial charge in [0.2, 0.25) is 0 Å². The zero-order chi connectivity index (χ0) is 9.45. The van der Waals surface area contributed by atoms with E-state index in [-0.39, 0.29) is 0 Å². The van der Waals surface area contributed by atoms with E-state index in [1.54, 1.807) is 0 Å². The van der Waals surface area contributed by atoms with Gasteiger partial charge in [0.1, 0.15) is 0 Å². The quantitative estimate of drug-likeness (QED) is 0.353. The van der Waals surface area contributed by atoms with E-state index < -0.39 is 8.32 Å². The van der Waals surface area contributed by atoms with E-state index in [4.69, 9.17) is 16.0 Å². The molecule has 0 aliphatic heterocycles. The van der Waals surface area contributed by atoms with Gasteiger partial charge >= 0.3 is 0 Å². The molecule has 1 nitrogen and oxygen atoms in total. The summed E-state index contributed by atoms with van der Waals surface area (Å²) in [5, 5.41) is 0. The topological polar surface area (TPSA) is 9.23 Å². The van der Waals surface area contributed by atoms with Crippen molar-refractivity contribution < 1.29 is 4.43 Å². The van der Waals surface area contributed by atoms with Gasteiger partial charge in [-0.2, -0.15) is 0 Å². The third kappa shape index (κ3) is 7.13.